The van der Waals surface area contributed by atoms with Crippen LogP contribution in [0.4, 0.5) is 8.78 Å². The molecule has 2 aromatic carbocycles. The predicted octanol–water partition coefficient (Wildman–Crippen LogP) is 3.63. The molecule has 3 rings (SSSR count). The highest BCUT2D eigenvalue weighted by molar-refractivity contribution is 5.91. The van der Waals surface area contributed by atoms with E-state index in [1.165, 1.54) is 41.5 Å². The fourth-order valence-corrected chi connectivity index (χ4v) is 3.13. The molecular weight excluding hydrogens is 334 g/mol. The molecule has 1 aliphatic rings. The summed E-state index contributed by atoms with van der Waals surface area (Å²) in [5.41, 5.74) is 2.32. The molecule has 1 amide bonds. The van der Waals surface area contributed by atoms with Gasteiger partial charge in [-0.15, -0.1) is 0 Å². The summed E-state index contributed by atoms with van der Waals surface area (Å²) in [5, 5.41) is 0. The number of carbonyl (C=O) groups is 1. The zero-order valence-electron chi connectivity index (χ0n) is 14.8. The third-order valence-corrected chi connectivity index (χ3v) is 4.56. The van der Waals surface area contributed by atoms with Gasteiger partial charge < -0.3 is 4.90 Å². The van der Waals surface area contributed by atoms with E-state index in [0.717, 1.165) is 19.6 Å². The van der Waals surface area contributed by atoms with E-state index in [4.69, 9.17) is 0 Å². The molecule has 3 nitrogen and oxygen atoms in total. The number of piperazine rings is 1. The van der Waals surface area contributed by atoms with Crippen molar-refractivity contribution in [1.29, 1.82) is 0 Å². The average molecular weight is 356 g/mol. The lowest BCUT2D eigenvalue weighted by Crippen LogP contribution is -2.47. The first kappa shape index (κ1) is 18.3. The molecule has 0 spiro atoms. The second-order valence-corrected chi connectivity index (χ2v) is 6.56. The smallest absolute Gasteiger partial charge is 0.246 e. The maximum Gasteiger partial charge on any atom is 0.246 e. The molecule has 0 aromatic heterocycles. The van der Waals surface area contributed by atoms with E-state index in [1.807, 2.05) is 0 Å². The molecule has 0 N–H and O–H groups in total. The fraction of sp³-hybridized carbons (Fsp3) is 0.286. The van der Waals surface area contributed by atoms with Gasteiger partial charge in [-0.1, -0.05) is 35.9 Å². The molecule has 136 valence electrons. The van der Waals surface area contributed by atoms with Crippen molar-refractivity contribution in [1.82, 2.24) is 9.80 Å². The Morgan fingerprint density at radius 3 is 2.35 bits per heavy atom. The Hall–Kier alpha value is -2.53. The van der Waals surface area contributed by atoms with Crippen molar-refractivity contribution in [2.45, 2.75) is 13.5 Å². The summed E-state index contributed by atoms with van der Waals surface area (Å²) in [6.45, 7) is 5.71. The van der Waals surface area contributed by atoms with E-state index in [-0.39, 0.29) is 11.5 Å². The molecule has 0 saturated carbocycles. The first-order valence-corrected chi connectivity index (χ1v) is 8.72. The van der Waals surface area contributed by atoms with Gasteiger partial charge in [-0.25, -0.2) is 8.78 Å². The highest BCUT2D eigenvalue weighted by Gasteiger charge is 2.19. The number of carbonyl (C=O) groups excluding carboxylic acids is 1. The molecule has 1 fully saturated rings. The Morgan fingerprint density at radius 2 is 1.69 bits per heavy atom. The van der Waals surface area contributed by atoms with Gasteiger partial charge in [0.15, 0.2) is 0 Å². The lowest BCUT2D eigenvalue weighted by Gasteiger charge is -2.34. The van der Waals surface area contributed by atoms with Crippen molar-refractivity contribution in [3.63, 3.8) is 0 Å². The molecule has 1 saturated heterocycles. The number of halogens is 2. The number of amides is 1. The second-order valence-electron chi connectivity index (χ2n) is 6.56. The minimum Gasteiger partial charge on any atom is -0.337 e. The quantitative estimate of drug-likeness (QED) is 0.781. The van der Waals surface area contributed by atoms with Crippen LogP contribution in [0.3, 0.4) is 0 Å². The van der Waals surface area contributed by atoms with Crippen LogP contribution in [-0.4, -0.2) is 41.9 Å². The van der Waals surface area contributed by atoms with Crippen molar-refractivity contribution in [2.75, 3.05) is 26.2 Å². The van der Waals surface area contributed by atoms with Gasteiger partial charge in [0.1, 0.15) is 11.6 Å². The molecule has 0 atom stereocenters. The normalized spacial score (nSPS) is 15.6. The molecule has 0 bridgehead atoms. The van der Waals surface area contributed by atoms with Crippen LogP contribution < -0.4 is 0 Å². The van der Waals surface area contributed by atoms with Crippen LogP contribution in [0.5, 0.6) is 0 Å². The lowest BCUT2D eigenvalue weighted by atomic mass is 10.1. The van der Waals surface area contributed by atoms with E-state index in [2.05, 4.69) is 36.1 Å². The molecule has 0 aliphatic carbocycles. The van der Waals surface area contributed by atoms with Crippen molar-refractivity contribution >= 4 is 12.0 Å². The van der Waals surface area contributed by atoms with E-state index < -0.39 is 11.6 Å². The standard InChI is InChI=1S/C21H22F2N2O/c1-16-4-2-5-17(14-16)15-24-10-12-25(13-11-24)21(26)9-8-18-19(22)6-3-7-20(18)23/h2-9,14H,10-13,15H2,1H3. The third-order valence-electron chi connectivity index (χ3n) is 4.56. The van der Waals surface area contributed by atoms with Crippen molar-refractivity contribution in [3.05, 3.63) is 76.9 Å². The van der Waals surface area contributed by atoms with Crippen LogP contribution in [0.25, 0.3) is 6.08 Å². The minimum atomic E-state index is -0.669. The van der Waals surface area contributed by atoms with Gasteiger partial charge in [-0.2, -0.15) is 0 Å². The SMILES string of the molecule is Cc1cccc(CN2CCN(C(=O)C=Cc3c(F)cccc3F)CC2)c1. The molecule has 1 aliphatic heterocycles. The summed E-state index contributed by atoms with van der Waals surface area (Å²) < 4.78 is 27.2. The Kier molecular flexibility index (Phi) is 5.78. The minimum absolute atomic E-state index is 0.182. The van der Waals surface area contributed by atoms with Crippen LogP contribution in [0.1, 0.15) is 16.7 Å². The Bertz CT molecular complexity index is 791. The van der Waals surface area contributed by atoms with Gasteiger partial charge in [0.2, 0.25) is 5.91 Å². The van der Waals surface area contributed by atoms with Crippen LogP contribution in [0.15, 0.2) is 48.5 Å². The van der Waals surface area contributed by atoms with Gasteiger partial charge in [0, 0.05) is 44.4 Å². The molecule has 0 unspecified atom stereocenters. The monoisotopic (exact) mass is 356 g/mol. The lowest BCUT2D eigenvalue weighted by molar-refractivity contribution is -0.127. The summed E-state index contributed by atoms with van der Waals surface area (Å²) in [7, 11) is 0. The Labute approximate surface area is 152 Å². The Morgan fingerprint density at radius 1 is 1.04 bits per heavy atom. The number of hydrogen-bond donors (Lipinski definition) is 0. The zero-order chi connectivity index (χ0) is 18.5. The van der Waals surface area contributed by atoms with E-state index in [1.54, 1.807) is 4.90 Å². The van der Waals surface area contributed by atoms with Crippen LogP contribution in [-0.2, 0) is 11.3 Å². The number of benzene rings is 2. The average Bonchev–Trinajstić information content (AvgIpc) is 2.62. The van der Waals surface area contributed by atoms with Gasteiger partial charge in [0.25, 0.3) is 0 Å². The maximum atomic E-state index is 13.6. The molecule has 5 heteroatoms. The summed E-state index contributed by atoms with van der Waals surface area (Å²) in [4.78, 5) is 16.3. The first-order valence-electron chi connectivity index (χ1n) is 8.72. The number of nitrogens with zero attached hydrogens (tertiary/aromatic N) is 2. The highest BCUT2D eigenvalue weighted by Crippen LogP contribution is 2.15. The largest absolute Gasteiger partial charge is 0.337 e. The predicted molar refractivity (Wildman–Crippen MR) is 98.4 cm³/mol. The van der Waals surface area contributed by atoms with Crippen LogP contribution in [0, 0.1) is 18.6 Å². The van der Waals surface area contributed by atoms with Crippen molar-refractivity contribution in [3.8, 4) is 0 Å². The van der Waals surface area contributed by atoms with Gasteiger partial charge >= 0.3 is 0 Å². The summed E-state index contributed by atoms with van der Waals surface area (Å²) in [6.07, 6.45) is 2.46. The zero-order valence-corrected chi connectivity index (χ0v) is 14.8. The van der Waals surface area contributed by atoms with Crippen LogP contribution in [0.2, 0.25) is 0 Å². The molecular formula is C21H22F2N2O. The summed E-state index contributed by atoms with van der Waals surface area (Å²) in [5.74, 6) is -1.56. The summed E-state index contributed by atoms with van der Waals surface area (Å²) >= 11 is 0. The molecule has 0 radical (unpaired) electrons. The van der Waals surface area contributed by atoms with Crippen LogP contribution >= 0.6 is 0 Å². The van der Waals surface area contributed by atoms with E-state index in [9.17, 15) is 13.6 Å². The van der Waals surface area contributed by atoms with E-state index in [0.29, 0.717) is 13.1 Å². The second kappa shape index (κ2) is 8.23. The molecule has 1 heterocycles. The Balaban J connectivity index is 1.54. The molecule has 26 heavy (non-hydrogen) atoms. The number of rotatable bonds is 4. The third kappa shape index (κ3) is 4.55. The van der Waals surface area contributed by atoms with Crippen molar-refractivity contribution in [2.24, 2.45) is 0 Å². The fourth-order valence-electron chi connectivity index (χ4n) is 3.13. The number of aryl methyl sites for hydroxylation is 1. The van der Waals surface area contributed by atoms with Gasteiger partial charge in [0.05, 0.1) is 0 Å². The van der Waals surface area contributed by atoms with Gasteiger partial charge in [-0.3, -0.25) is 9.69 Å². The van der Waals surface area contributed by atoms with E-state index >= 15 is 0 Å². The topological polar surface area (TPSA) is 23.6 Å². The highest BCUT2D eigenvalue weighted by atomic mass is 19.1. The maximum absolute atomic E-state index is 13.6. The van der Waals surface area contributed by atoms with Gasteiger partial charge in [-0.05, 0) is 30.7 Å². The number of hydrogen-bond acceptors (Lipinski definition) is 2. The van der Waals surface area contributed by atoms with Crippen molar-refractivity contribution < 1.29 is 13.6 Å². The summed E-state index contributed by atoms with van der Waals surface area (Å²) in [6, 6.07) is 12.1. The molecule has 2 aromatic rings. The first-order chi connectivity index (χ1) is 12.5.